The van der Waals surface area contributed by atoms with Crippen molar-refractivity contribution in [2.75, 3.05) is 27.2 Å². The molecule has 4 nitrogen and oxygen atoms in total. The molecule has 96 valence electrons. The second kappa shape index (κ2) is 6.14. The van der Waals surface area contributed by atoms with Crippen LogP contribution in [0.4, 0.5) is 0 Å². The third kappa shape index (κ3) is 4.46. The van der Waals surface area contributed by atoms with Crippen molar-refractivity contribution < 1.29 is 14.6 Å². The highest BCUT2D eigenvalue weighted by molar-refractivity contribution is 7.09. The van der Waals surface area contributed by atoms with Gasteiger partial charge in [0.25, 0.3) is 0 Å². The predicted octanol–water partition coefficient (Wildman–Crippen LogP) is 1.15. The van der Waals surface area contributed by atoms with E-state index < -0.39 is 11.6 Å². The molecule has 0 saturated heterocycles. The van der Waals surface area contributed by atoms with Crippen LogP contribution in [0, 0.1) is 0 Å². The maximum atomic E-state index is 11.3. The van der Waals surface area contributed by atoms with Gasteiger partial charge in [-0.1, -0.05) is 6.07 Å². The lowest BCUT2D eigenvalue weighted by Gasteiger charge is -2.26. The molecule has 1 N–H and O–H groups in total. The van der Waals surface area contributed by atoms with Crippen molar-refractivity contribution in [2.45, 2.75) is 18.9 Å². The minimum atomic E-state index is -1.45. The van der Waals surface area contributed by atoms with E-state index in [0.717, 1.165) is 13.0 Å². The van der Waals surface area contributed by atoms with E-state index in [1.54, 1.807) is 11.3 Å². The number of aliphatic hydroxyl groups is 1. The Balaban J connectivity index is 2.38. The van der Waals surface area contributed by atoms with E-state index >= 15 is 0 Å². The van der Waals surface area contributed by atoms with Crippen LogP contribution in [-0.2, 0) is 16.0 Å². The molecule has 0 aliphatic rings. The molecule has 1 atom stereocenters. The average molecular weight is 257 g/mol. The Morgan fingerprint density at radius 2 is 2.35 bits per heavy atom. The van der Waals surface area contributed by atoms with E-state index in [-0.39, 0.29) is 6.54 Å². The lowest BCUT2D eigenvalue weighted by molar-refractivity contribution is -0.161. The molecule has 5 heteroatoms. The van der Waals surface area contributed by atoms with Gasteiger partial charge in [-0.25, -0.2) is 4.79 Å². The van der Waals surface area contributed by atoms with Gasteiger partial charge in [-0.3, -0.25) is 0 Å². The molecule has 1 aromatic rings. The number of hydrogen-bond donors (Lipinski definition) is 1. The molecule has 1 unspecified atom stereocenters. The van der Waals surface area contributed by atoms with Crippen LogP contribution in [-0.4, -0.2) is 48.8 Å². The number of thiophene rings is 1. The summed E-state index contributed by atoms with van der Waals surface area (Å²) in [6.07, 6.45) is 0.922. The van der Waals surface area contributed by atoms with Crippen molar-refractivity contribution in [2.24, 2.45) is 0 Å². The molecule has 0 radical (unpaired) electrons. The van der Waals surface area contributed by atoms with Crippen LogP contribution < -0.4 is 0 Å². The maximum absolute atomic E-state index is 11.3. The average Bonchev–Trinajstić information content (AvgIpc) is 2.77. The molecule has 0 aliphatic heterocycles. The molecule has 0 fully saturated rings. The molecule has 1 rings (SSSR count). The van der Waals surface area contributed by atoms with Crippen LogP contribution in [0.15, 0.2) is 17.5 Å². The molecule has 0 saturated carbocycles. The van der Waals surface area contributed by atoms with Crippen LogP contribution in [0.25, 0.3) is 0 Å². The van der Waals surface area contributed by atoms with Gasteiger partial charge in [-0.05, 0) is 31.8 Å². The van der Waals surface area contributed by atoms with Crippen molar-refractivity contribution in [3.63, 3.8) is 0 Å². The third-order valence-electron chi connectivity index (χ3n) is 2.52. The molecule has 0 spiro atoms. The van der Waals surface area contributed by atoms with Gasteiger partial charge in [0, 0.05) is 18.0 Å². The number of nitrogens with zero attached hydrogens (tertiary/aromatic N) is 1. The van der Waals surface area contributed by atoms with Crippen LogP contribution in [0.5, 0.6) is 0 Å². The Hall–Kier alpha value is -0.910. The van der Waals surface area contributed by atoms with Gasteiger partial charge in [0.2, 0.25) is 0 Å². The van der Waals surface area contributed by atoms with Crippen LogP contribution in [0.2, 0.25) is 0 Å². The van der Waals surface area contributed by atoms with E-state index in [9.17, 15) is 9.90 Å². The first-order valence-electron chi connectivity index (χ1n) is 5.47. The summed E-state index contributed by atoms with van der Waals surface area (Å²) in [7, 11) is 3.16. The van der Waals surface area contributed by atoms with Gasteiger partial charge < -0.3 is 14.7 Å². The second-order valence-electron chi connectivity index (χ2n) is 4.33. The zero-order chi connectivity index (χ0) is 12.9. The highest BCUT2D eigenvalue weighted by Gasteiger charge is 2.32. The Kier molecular flexibility index (Phi) is 5.11. The van der Waals surface area contributed by atoms with Gasteiger partial charge in [0.05, 0.1) is 7.11 Å². The van der Waals surface area contributed by atoms with Crippen molar-refractivity contribution in [3.05, 3.63) is 22.4 Å². The molecule has 0 aliphatic carbocycles. The number of methoxy groups -OCH3 is 1. The molecule has 1 heterocycles. The lowest BCUT2D eigenvalue weighted by Crippen LogP contribution is -2.46. The number of esters is 1. The second-order valence-corrected chi connectivity index (χ2v) is 5.36. The summed E-state index contributed by atoms with van der Waals surface area (Å²) in [6, 6.07) is 4.10. The molecule has 0 amide bonds. The van der Waals surface area contributed by atoms with E-state index in [0.29, 0.717) is 0 Å². The fraction of sp³-hybridized carbons (Fsp3) is 0.583. The van der Waals surface area contributed by atoms with Crippen molar-refractivity contribution in [1.29, 1.82) is 0 Å². The normalized spacial score (nSPS) is 14.6. The Labute approximate surface area is 106 Å². The predicted molar refractivity (Wildman–Crippen MR) is 68.2 cm³/mol. The summed E-state index contributed by atoms with van der Waals surface area (Å²) in [4.78, 5) is 14.5. The highest BCUT2D eigenvalue weighted by atomic mass is 32.1. The van der Waals surface area contributed by atoms with E-state index in [1.165, 1.54) is 18.9 Å². The van der Waals surface area contributed by atoms with Gasteiger partial charge in [-0.2, -0.15) is 0 Å². The van der Waals surface area contributed by atoms with Crippen molar-refractivity contribution >= 4 is 17.3 Å². The molecule has 17 heavy (non-hydrogen) atoms. The SMILES string of the molecule is COC(=O)C(C)(O)CN(C)CCc1cccs1. The summed E-state index contributed by atoms with van der Waals surface area (Å²) in [5.41, 5.74) is -1.45. The lowest BCUT2D eigenvalue weighted by atomic mass is 10.1. The largest absolute Gasteiger partial charge is 0.467 e. The third-order valence-corrected chi connectivity index (χ3v) is 3.46. The zero-order valence-electron chi connectivity index (χ0n) is 10.5. The first-order chi connectivity index (χ1) is 7.95. The van der Waals surface area contributed by atoms with Gasteiger partial charge >= 0.3 is 5.97 Å². The first-order valence-corrected chi connectivity index (χ1v) is 6.35. The molecule has 0 bridgehead atoms. The topological polar surface area (TPSA) is 49.8 Å². The molecular weight excluding hydrogens is 238 g/mol. The summed E-state index contributed by atoms with van der Waals surface area (Å²) < 4.78 is 4.55. The fourth-order valence-corrected chi connectivity index (χ4v) is 2.34. The standard InChI is InChI=1S/C12H19NO3S/c1-12(15,11(14)16-3)9-13(2)7-6-10-5-4-8-17-10/h4-5,8,15H,6-7,9H2,1-3H3. The Morgan fingerprint density at radius 3 is 2.88 bits per heavy atom. The maximum Gasteiger partial charge on any atom is 0.338 e. The number of hydrogen-bond acceptors (Lipinski definition) is 5. The van der Waals surface area contributed by atoms with E-state index in [2.05, 4.69) is 10.8 Å². The zero-order valence-corrected chi connectivity index (χ0v) is 11.3. The minimum absolute atomic E-state index is 0.269. The van der Waals surface area contributed by atoms with Gasteiger partial charge in [0.1, 0.15) is 0 Å². The van der Waals surface area contributed by atoms with E-state index in [4.69, 9.17) is 0 Å². The summed E-state index contributed by atoms with van der Waals surface area (Å²) in [5.74, 6) is -0.597. The van der Waals surface area contributed by atoms with Crippen molar-refractivity contribution in [3.8, 4) is 0 Å². The van der Waals surface area contributed by atoms with Crippen LogP contribution in [0.3, 0.4) is 0 Å². The smallest absolute Gasteiger partial charge is 0.338 e. The number of carbonyl (C=O) groups is 1. The minimum Gasteiger partial charge on any atom is -0.467 e. The van der Waals surface area contributed by atoms with Crippen LogP contribution >= 0.6 is 11.3 Å². The number of likely N-dealkylation sites (N-methyl/N-ethyl adjacent to an activating group) is 1. The Bertz CT molecular complexity index is 349. The summed E-state index contributed by atoms with van der Waals surface area (Å²) in [6.45, 7) is 2.54. The molecule has 0 aromatic carbocycles. The molecular formula is C12H19NO3S. The van der Waals surface area contributed by atoms with Crippen LogP contribution in [0.1, 0.15) is 11.8 Å². The first kappa shape index (κ1) is 14.2. The van der Waals surface area contributed by atoms with Gasteiger partial charge in [-0.15, -0.1) is 11.3 Å². The summed E-state index contributed by atoms with van der Waals surface area (Å²) in [5, 5.41) is 11.9. The van der Waals surface area contributed by atoms with Gasteiger partial charge in [0.15, 0.2) is 5.60 Å². The quantitative estimate of drug-likeness (QED) is 0.777. The number of ether oxygens (including phenoxy) is 1. The highest BCUT2D eigenvalue weighted by Crippen LogP contribution is 2.11. The Morgan fingerprint density at radius 1 is 1.65 bits per heavy atom. The molecule has 1 aromatic heterocycles. The summed E-state index contributed by atoms with van der Waals surface area (Å²) >= 11 is 1.71. The van der Waals surface area contributed by atoms with Crippen molar-refractivity contribution in [1.82, 2.24) is 4.90 Å². The number of carbonyl (C=O) groups excluding carboxylic acids is 1. The number of rotatable bonds is 6. The fourth-order valence-electron chi connectivity index (χ4n) is 1.64. The monoisotopic (exact) mass is 257 g/mol. The van der Waals surface area contributed by atoms with E-state index in [1.807, 2.05) is 23.4 Å².